The first kappa shape index (κ1) is 20.7. The summed E-state index contributed by atoms with van der Waals surface area (Å²) in [5.74, 6) is -0.564. The van der Waals surface area contributed by atoms with Gasteiger partial charge in [0.15, 0.2) is 0 Å². The van der Waals surface area contributed by atoms with Gasteiger partial charge in [0.2, 0.25) is 15.9 Å². The lowest BCUT2D eigenvalue weighted by Gasteiger charge is -2.23. The van der Waals surface area contributed by atoms with Gasteiger partial charge >= 0.3 is 0 Å². The van der Waals surface area contributed by atoms with Crippen LogP contribution in [0.15, 0.2) is 42.5 Å². The van der Waals surface area contributed by atoms with E-state index < -0.39 is 27.4 Å². The Morgan fingerprint density at radius 1 is 1.26 bits per heavy atom. The number of nitro benzene ring substituents is 1. The Kier molecular flexibility index (Phi) is 6.40. The molecule has 0 heterocycles. The van der Waals surface area contributed by atoms with E-state index in [-0.39, 0.29) is 17.9 Å². The first-order valence-corrected chi connectivity index (χ1v) is 10.0. The van der Waals surface area contributed by atoms with Crippen molar-refractivity contribution in [3.63, 3.8) is 0 Å². The number of sulfonamides is 1. The Labute approximate surface area is 162 Å². The van der Waals surface area contributed by atoms with Crippen molar-refractivity contribution in [1.82, 2.24) is 5.32 Å². The molecular formula is C17H18ClN3O5S. The number of hydrogen-bond acceptors (Lipinski definition) is 5. The lowest BCUT2D eigenvalue weighted by atomic mass is 10.2. The van der Waals surface area contributed by atoms with Gasteiger partial charge in [0.1, 0.15) is 6.54 Å². The Balaban J connectivity index is 2.23. The van der Waals surface area contributed by atoms with E-state index >= 15 is 0 Å². The van der Waals surface area contributed by atoms with Crippen LogP contribution in [0.2, 0.25) is 5.02 Å². The van der Waals surface area contributed by atoms with Crippen LogP contribution in [0.25, 0.3) is 0 Å². The lowest BCUT2D eigenvalue weighted by Crippen LogP contribution is -2.40. The summed E-state index contributed by atoms with van der Waals surface area (Å²) in [6.45, 7) is 1.23. The summed E-state index contributed by atoms with van der Waals surface area (Å²) in [5, 5.41) is 14.1. The summed E-state index contributed by atoms with van der Waals surface area (Å²) in [6.07, 6.45) is 0.937. The van der Waals surface area contributed by atoms with Crippen molar-refractivity contribution in [2.24, 2.45) is 0 Å². The van der Waals surface area contributed by atoms with Crippen LogP contribution < -0.4 is 9.62 Å². The third-order valence-electron chi connectivity index (χ3n) is 3.79. The number of non-ortho nitro benzene ring substituents is 1. The van der Waals surface area contributed by atoms with E-state index in [0.29, 0.717) is 16.1 Å². The van der Waals surface area contributed by atoms with Crippen LogP contribution in [-0.2, 0) is 21.4 Å². The highest BCUT2D eigenvalue weighted by Crippen LogP contribution is 2.27. The number of amides is 1. The van der Waals surface area contributed by atoms with Crippen LogP contribution in [0.1, 0.15) is 11.1 Å². The van der Waals surface area contributed by atoms with Crippen LogP contribution in [0.4, 0.5) is 11.4 Å². The van der Waals surface area contributed by atoms with Gasteiger partial charge in [0.05, 0.1) is 16.9 Å². The smallest absolute Gasteiger partial charge is 0.271 e. The maximum absolute atomic E-state index is 12.3. The van der Waals surface area contributed by atoms with E-state index in [1.807, 2.05) is 0 Å². The van der Waals surface area contributed by atoms with Gasteiger partial charge in [-0.1, -0.05) is 35.9 Å². The van der Waals surface area contributed by atoms with Gasteiger partial charge in [-0.25, -0.2) is 8.42 Å². The molecule has 0 saturated heterocycles. The number of rotatable bonds is 7. The number of carbonyl (C=O) groups is 1. The molecule has 0 atom stereocenters. The van der Waals surface area contributed by atoms with Crippen molar-refractivity contribution >= 4 is 38.9 Å². The molecule has 144 valence electrons. The molecule has 8 nitrogen and oxygen atoms in total. The number of carbonyl (C=O) groups excluding carboxylic acids is 1. The minimum atomic E-state index is -3.85. The summed E-state index contributed by atoms with van der Waals surface area (Å²) in [4.78, 5) is 22.7. The van der Waals surface area contributed by atoms with E-state index in [2.05, 4.69) is 5.32 Å². The van der Waals surface area contributed by atoms with E-state index in [0.717, 1.165) is 16.6 Å². The Bertz CT molecular complexity index is 978. The zero-order chi connectivity index (χ0) is 20.2. The van der Waals surface area contributed by atoms with Gasteiger partial charge in [-0.15, -0.1) is 0 Å². The van der Waals surface area contributed by atoms with Gasteiger partial charge in [0.25, 0.3) is 5.69 Å². The average Bonchev–Trinajstić information content (AvgIpc) is 2.58. The Morgan fingerprint density at radius 3 is 2.52 bits per heavy atom. The quantitative estimate of drug-likeness (QED) is 0.556. The largest absolute Gasteiger partial charge is 0.350 e. The van der Waals surface area contributed by atoms with Crippen LogP contribution >= 0.6 is 11.6 Å². The van der Waals surface area contributed by atoms with Crippen molar-refractivity contribution in [2.75, 3.05) is 17.1 Å². The molecule has 0 radical (unpaired) electrons. The van der Waals surface area contributed by atoms with Crippen LogP contribution in [-0.4, -0.2) is 32.0 Å². The van der Waals surface area contributed by atoms with E-state index in [1.165, 1.54) is 12.1 Å². The normalized spacial score (nSPS) is 11.1. The first-order valence-electron chi connectivity index (χ1n) is 7.82. The van der Waals surface area contributed by atoms with E-state index in [9.17, 15) is 23.3 Å². The average molecular weight is 412 g/mol. The summed E-state index contributed by atoms with van der Waals surface area (Å²) in [5.41, 5.74) is 0.996. The minimum absolute atomic E-state index is 0.0830. The van der Waals surface area contributed by atoms with Crippen molar-refractivity contribution < 1.29 is 18.1 Å². The fourth-order valence-corrected chi connectivity index (χ4v) is 3.49. The molecule has 0 aliphatic heterocycles. The number of anilines is 1. The molecule has 2 aromatic carbocycles. The molecule has 0 aliphatic carbocycles. The summed E-state index contributed by atoms with van der Waals surface area (Å²) in [7, 11) is -3.85. The number of benzene rings is 2. The molecule has 1 amide bonds. The number of hydrogen-bond donors (Lipinski definition) is 1. The van der Waals surface area contributed by atoms with Crippen molar-refractivity contribution in [2.45, 2.75) is 13.5 Å². The van der Waals surface area contributed by atoms with Crippen molar-refractivity contribution in [3.8, 4) is 0 Å². The van der Waals surface area contributed by atoms with E-state index in [1.54, 1.807) is 31.2 Å². The molecule has 0 aromatic heterocycles. The molecule has 0 fully saturated rings. The minimum Gasteiger partial charge on any atom is -0.350 e. The molecule has 0 unspecified atom stereocenters. The Hall–Kier alpha value is -2.65. The second-order valence-corrected chi connectivity index (χ2v) is 8.18. The predicted molar refractivity (Wildman–Crippen MR) is 103 cm³/mol. The molecule has 0 spiro atoms. The zero-order valence-electron chi connectivity index (χ0n) is 14.7. The number of nitro groups is 1. The second-order valence-electron chi connectivity index (χ2n) is 5.87. The van der Waals surface area contributed by atoms with Gasteiger partial charge in [-0.05, 0) is 24.1 Å². The first-order chi connectivity index (χ1) is 12.6. The molecule has 0 saturated carbocycles. The SMILES string of the molecule is Cc1ccc([N+](=O)[O-])cc1N(CC(=O)NCc1ccccc1Cl)S(C)(=O)=O. The lowest BCUT2D eigenvalue weighted by molar-refractivity contribution is -0.384. The maximum atomic E-state index is 12.3. The highest BCUT2D eigenvalue weighted by Gasteiger charge is 2.24. The van der Waals surface area contributed by atoms with Gasteiger partial charge in [0, 0.05) is 23.7 Å². The predicted octanol–water partition coefficient (Wildman–Crippen LogP) is 2.64. The Morgan fingerprint density at radius 2 is 1.93 bits per heavy atom. The third kappa shape index (κ3) is 5.41. The maximum Gasteiger partial charge on any atom is 0.271 e. The van der Waals surface area contributed by atoms with E-state index in [4.69, 9.17) is 11.6 Å². The monoisotopic (exact) mass is 411 g/mol. The third-order valence-corrected chi connectivity index (χ3v) is 5.29. The summed E-state index contributed by atoms with van der Waals surface area (Å²) < 4.78 is 25.2. The topological polar surface area (TPSA) is 110 Å². The summed E-state index contributed by atoms with van der Waals surface area (Å²) >= 11 is 6.03. The number of nitrogens with zero attached hydrogens (tertiary/aromatic N) is 2. The van der Waals surface area contributed by atoms with Crippen LogP contribution in [0.3, 0.4) is 0 Å². The summed E-state index contributed by atoms with van der Waals surface area (Å²) in [6, 6.07) is 10.8. The second kappa shape index (κ2) is 8.36. The van der Waals surface area contributed by atoms with Gasteiger partial charge < -0.3 is 5.32 Å². The van der Waals surface area contributed by atoms with Gasteiger partial charge in [-0.3, -0.25) is 19.2 Å². The van der Waals surface area contributed by atoms with Crippen LogP contribution in [0.5, 0.6) is 0 Å². The number of aryl methyl sites for hydroxylation is 1. The van der Waals surface area contributed by atoms with Crippen molar-refractivity contribution in [3.05, 3.63) is 68.7 Å². The molecule has 2 rings (SSSR count). The van der Waals surface area contributed by atoms with Crippen LogP contribution in [0, 0.1) is 17.0 Å². The molecule has 27 heavy (non-hydrogen) atoms. The molecule has 0 bridgehead atoms. The standard InChI is InChI=1S/C17H18ClN3O5S/c1-12-7-8-14(21(23)24)9-16(12)20(27(2,25)26)11-17(22)19-10-13-5-3-4-6-15(13)18/h3-9H,10-11H2,1-2H3,(H,19,22). The van der Waals surface area contributed by atoms with Gasteiger partial charge in [-0.2, -0.15) is 0 Å². The fraction of sp³-hybridized carbons (Fsp3) is 0.235. The molecular weight excluding hydrogens is 394 g/mol. The highest BCUT2D eigenvalue weighted by molar-refractivity contribution is 7.92. The number of halogens is 1. The molecule has 2 aromatic rings. The fourth-order valence-electron chi connectivity index (χ4n) is 2.38. The molecule has 1 N–H and O–H groups in total. The van der Waals surface area contributed by atoms with Crippen molar-refractivity contribution in [1.29, 1.82) is 0 Å². The molecule has 0 aliphatic rings. The number of nitrogens with one attached hydrogen (secondary N) is 1. The zero-order valence-corrected chi connectivity index (χ0v) is 16.2. The highest BCUT2D eigenvalue weighted by atomic mass is 35.5. The molecule has 10 heteroatoms.